The fourth-order valence-electron chi connectivity index (χ4n) is 2.33. The highest BCUT2D eigenvalue weighted by Crippen LogP contribution is 2.58. The quantitative estimate of drug-likeness (QED) is 0.776. The van der Waals surface area contributed by atoms with E-state index >= 15 is 0 Å². The molecule has 0 unspecified atom stereocenters. The normalized spacial score (nSPS) is 27.9. The molecule has 0 spiro atoms. The van der Waals surface area contributed by atoms with Crippen LogP contribution in [0, 0.1) is 11.3 Å². The lowest BCUT2D eigenvalue weighted by atomic mass is 9.81. The Labute approximate surface area is 122 Å². The second kappa shape index (κ2) is 5.51. The summed E-state index contributed by atoms with van der Waals surface area (Å²) in [5.74, 6) is 0.352. The molecule has 1 aliphatic heterocycles. The van der Waals surface area contributed by atoms with Gasteiger partial charge in [-0.15, -0.1) is 0 Å². The molecule has 1 saturated heterocycles. The summed E-state index contributed by atoms with van der Waals surface area (Å²) in [5, 5.41) is 0. The standard InChI is InChI=1S/C15H25N2O2P/c1-15(2,3)13-11-17(14-9-7-6-8-10-14)20(18,16(4)5)19-12-13/h6-10,13H,11-12H2,1-5H3/t13-,20+/m1/s1. The maximum atomic E-state index is 13.2. The molecule has 0 bridgehead atoms. The molecule has 1 aromatic carbocycles. The lowest BCUT2D eigenvalue weighted by Gasteiger charge is -2.46. The Balaban J connectivity index is 2.37. The van der Waals surface area contributed by atoms with Crippen LogP contribution in [0.15, 0.2) is 30.3 Å². The molecule has 0 aliphatic carbocycles. The lowest BCUT2D eigenvalue weighted by molar-refractivity contribution is 0.126. The van der Waals surface area contributed by atoms with Gasteiger partial charge in [0.25, 0.3) is 0 Å². The predicted octanol–water partition coefficient (Wildman–Crippen LogP) is 3.86. The van der Waals surface area contributed by atoms with Crippen LogP contribution in [0.3, 0.4) is 0 Å². The smallest absolute Gasteiger partial charge is 0.301 e. The van der Waals surface area contributed by atoms with Crippen molar-refractivity contribution in [2.45, 2.75) is 20.8 Å². The van der Waals surface area contributed by atoms with Crippen molar-refractivity contribution in [2.75, 3.05) is 31.9 Å². The van der Waals surface area contributed by atoms with E-state index in [1.165, 1.54) is 0 Å². The fourth-order valence-corrected chi connectivity index (χ4v) is 4.33. The van der Waals surface area contributed by atoms with Crippen LogP contribution in [-0.4, -0.2) is 31.9 Å². The van der Waals surface area contributed by atoms with Crippen LogP contribution in [0.5, 0.6) is 0 Å². The largest absolute Gasteiger partial charge is 0.370 e. The maximum absolute atomic E-state index is 13.2. The number of para-hydroxylation sites is 1. The van der Waals surface area contributed by atoms with E-state index in [4.69, 9.17) is 4.52 Å². The van der Waals surface area contributed by atoms with Crippen LogP contribution in [-0.2, 0) is 9.09 Å². The van der Waals surface area contributed by atoms with Crippen LogP contribution in [0.1, 0.15) is 20.8 Å². The van der Waals surface area contributed by atoms with Crippen LogP contribution >= 0.6 is 7.67 Å². The summed E-state index contributed by atoms with van der Waals surface area (Å²) >= 11 is 0. The average Bonchev–Trinajstić information content (AvgIpc) is 2.38. The first-order chi connectivity index (χ1) is 9.25. The molecule has 1 aromatic rings. The Kier molecular flexibility index (Phi) is 4.29. The van der Waals surface area contributed by atoms with Gasteiger partial charge in [-0.2, -0.15) is 0 Å². The first-order valence-corrected chi connectivity index (χ1v) is 8.53. The zero-order valence-electron chi connectivity index (χ0n) is 13.0. The van der Waals surface area contributed by atoms with Crippen LogP contribution in [0.25, 0.3) is 0 Å². The van der Waals surface area contributed by atoms with E-state index in [-0.39, 0.29) is 5.41 Å². The number of hydrogen-bond acceptors (Lipinski definition) is 2. The molecule has 112 valence electrons. The Morgan fingerprint density at radius 2 is 1.85 bits per heavy atom. The summed E-state index contributed by atoms with van der Waals surface area (Å²) in [6.07, 6.45) is 0. The third-order valence-corrected chi connectivity index (χ3v) is 6.43. The van der Waals surface area contributed by atoms with Gasteiger partial charge in [0.1, 0.15) is 0 Å². The van der Waals surface area contributed by atoms with Gasteiger partial charge in [0, 0.05) is 18.2 Å². The van der Waals surface area contributed by atoms with E-state index in [1.54, 1.807) is 4.67 Å². The third-order valence-electron chi connectivity index (χ3n) is 3.93. The first kappa shape index (κ1) is 15.6. The van der Waals surface area contributed by atoms with E-state index in [9.17, 15) is 4.57 Å². The Morgan fingerprint density at radius 3 is 2.35 bits per heavy atom. The Bertz CT molecular complexity index is 496. The van der Waals surface area contributed by atoms with Gasteiger partial charge in [0.05, 0.1) is 6.61 Å². The predicted molar refractivity (Wildman–Crippen MR) is 84.0 cm³/mol. The lowest BCUT2D eigenvalue weighted by Crippen LogP contribution is -2.44. The molecule has 4 nitrogen and oxygen atoms in total. The third kappa shape index (κ3) is 2.93. The molecule has 0 aromatic heterocycles. The monoisotopic (exact) mass is 296 g/mol. The van der Waals surface area contributed by atoms with Crippen molar-refractivity contribution >= 4 is 13.4 Å². The van der Waals surface area contributed by atoms with Crippen LogP contribution in [0.2, 0.25) is 0 Å². The molecule has 2 atom stereocenters. The van der Waals surface area contributed by atoms with Gasteiger partial charge < -0.3 is 4.52 Å². The minimum absolute atomic E-state index is 0.130. The van der Waals surface area contributed by atoms with Crippen molar-refractivity contribution in [3.05, 3.63) is 30.3 Å². The molecule has 0 N–H and O–H groups in total. The molecule has 5 heteroatoms. The van der Waals surface area contributed by atoms with Gasteiger partial charge in [0.15, 0.2) is 0 Å². The van der Waals surface area contributed by atoms with Crippen molar-refractivity contribution in [3.63, 3.8) is 0 Å². The topological polar surface area (TPSA) is 32.8 Å². The minimum Gasteiger partial charge on any atom is -0.301 e. The van der Waals surface area contributed by atoms with E-state index in [0.29, 0.717) is 12.5 Å². The van der Waals surface area contributed by atoms with Crippen molar-refractivity contribution in [3.8, 4) is 0 Å². The van der Waals surface area contributed by atoms with Crippen molar-refractivity contribution < 1.29 is 9.09 Å². The summed E-state index contributed by atoms with van der Waals surface area (Å²) in [6.45, 7) is 7.91. The molecule has 0 radical (unpaired) electrons. The van der Waals surface area contributed by atoms with E-state index in [2.05, 4.69) is 20.8 Å². The van der Waals surface area contributed by atoms with Gasteiger partial charge >= 0.3 is 7.67 Å². The van der Waals surface area contributed by atoms with E-state index < -0.39 is 7.67 Å². The highest BCUT2D eigenvalue weighted by molar-refractivity contribution is 7.58. The van der Waals surface area contributed by atoms with Crippen molar-refractivity contribution in [1.29, 1.82) is 0 Å². The highest BCUT2D eigenvalue weighted by Gasteiger charge is 2.43. The summed E-state index contributed by atoms with van der Waals surface area (Å²) in [6, 6.07) is 9.89. The van der Waals surface area contributed by atoms with Crippen molar-refractivity contribution in [2.24, 2.45) is 11.3 Å². The average molecular weight is 296 g/mol. The van der Waals surface area contributed by atoms with Gasteiger partial charge in [-0.25, -0.2) is 9.24 Å². The molecule has 20 heavy (non-hydrogen) atoms. The summed E-state index contributed by atoms with van der Waals surface area (Å²) in [4.78, 5) is 0. The maximum Gasteiger partial charge on any atom is 0.370 e. The molecule has 1 aliphatic rings. The zero-order valence-corrected chi connectivity index (χ0v) is 13.9. The number of hydrogen-bond donors (Lipinski definition) is 0. The molecule has 0 saturated carbocycles. The second-order valence-electron chi connectivity index (χ2n) is 6.61. The molecular weight excluding hydrogens is 271 g/mol. The zero-order chi connectivity index (χ0) is 15.0. The summed E-state index contributed by atoms with van der Waals surface area (Å²) in [7, 11) is 0.670. The number of rotatable bonds is 2. The Morgan fingerprint density at radius 1 is 1.25 bits per heavy atom. The van der Waals surface area contributed by atoms with Crippen LogP contribution in [0.4, 0.5) is 5.69 Å². The van der Waals surface area contributed by atoms with Gasteiger partial charge in [-0.3, -0.25) is 4.67 Å². The number of benzene rings is 1. The van der Waals surface area contributed by atoms with Gasteiger partial charge in [-0.05, 0) is 31.6 Å². The number of anilines is 1. The summed E-state index contributed by atoms with van der Waals surface area (Å²) in [5.41, 5.74) is 1.09. The summed E-state index contributed by atoms with van der Waals surface area (Å²) < 4.78 is 22.7. The van der Waals surface area contributed by atoms with Crippen LogP contribution < -0.4 is 4.67 Å². The molecule has 0 amide bonds. The van der Waals surface area contributed by atoms with Crippen molar-refractivity contribution in [1.82, 2.24) is 4.67 Å². The highest BCUT2D eigenvalue weighted by atomic mass is 31.2. The van der Waals surface area contributed by atoms with Gasteiger partial charge in [-0.1, -0.05) is 39.0 Å². The molecule has 2 rings (SSSR count). The minimum atomic E-state index is -2.96. The van der Waals surface area contributed by atoms with E-state index in [0.717, 1.165) is 12.2 Å². The number of nitrogens with zero attached hydrogens (tertiary/aromatic N) is 2. The Hall–Kier alpha value is -0.830. The molecule has 1 fully saturated rings. The molecule has 1 heterocycles. The second-order valence-corrected chi connectivity index (χ2v) is 9.14. The SMILES string of the molecule is CN(C)[P@]1(=O)OC[C@H](C(C)(C)C)CN1c1ccccc1. The first-order valence-electron chi connectivity index (χ1n) is 7.00. The fraction of sp³-hybridized carbons (Fsp3) is 0.600. The van der Waals surface area contributed by atoms with E-state index in [1.807, 2.05) is 49.1 Å². The molecular formula is C15H25N2O2P. The van der Waals surface area contributed by atoms with Gasteiger partial charge in [0.2, 0.25) is 0 Å².